The summed E-state index contributed by atoms with van der Waals surface area (Å²) in [5.74, 6) is 1.92. The van der Waals surface area contributed by atoms with E-state index in [4.69, 9.17) is 5.73 Å². The van der Waals surface area contributed by atoms with Crippen LogP contribution in [-0.2, 0) is 13.1 Å². The number of anilines is 1. The van der Waals surface area contributed by atoms with Gasteiger partial charge in [-0.15, -0.1) is 5.10 Å². The van der Waals surface area contributed by atoms with Gasteiger partial charge in [0.05, 0.1) is 5.69 Å². The molecule has 0 radical (unpaired) electrons. The van der Waals surface area contributed by atoms with Gasteiger partial charge in [0.15, 0.2) is 0 Å². The second kappa shape index (κ2) is 8.16. The number of hydrogen-bond donors (Lipinski definition) is 1. The Labute approximate surface area is 155 Å². The summed E-state index contributed by atoms with van der Waals surface area (Å²) in [5, 5.41) is 8.91. The van der Waals surface area contributed by atoms with Crippen molar-refractivity contribution in [3.63, 3.8) is 0 Å². The molecule has 1 aliphatic heterocycles. The molecule has 140 valence electrons. The average Bonchev–Trinajstić information content (AvgIpc) is 3.13. The number of nitrogen functional groups attached to an aromatic ring is 1. The van der Waals surface area contributed by atoms with Crippen LogP contribution < -0.4 is 5.73 Å². The zero-order valence-electron chi connectivity index (χ0n) is 15.6. The Bertz CT molecular complexity index is 706. The van der Waals surface area contributed by atoms with E-state index in [-0.39, 0.29) is 0 Å². The Morgan fingerprint density at radius 1 is 1.12 bits per heavy atom. The summed E-state index contributed by atoms with van der Waals surface area (Å²) in [6, 6.07) is 4.05. The molecule has 2 aromatic heterocycles. The van der Waals surface area contributed by atoms with E-state index < -0.39 is 0 Å². The van der Waals surface area contributed by atoms with Crippen molar-refractivity contribution in [3.8, 4) is 0 Å². The first-order valence-corrected chi connectivity index (χ1v) is 10.1. The zero-order valence-corrected chi connectivity index (χ0v) is 15.6. The quantitative estimate of drug-likeness (QED) is 0.892. The third kappa shape index (κ3) is 4.23. The number of hydrogen-bond acceptors (Lipinski definition) is 5. The highest BCUT2D eigenvalue weighted by atomic mass is 15.4. The molecule has 0 spiro atoms. The van der Waals surface area contributed by atoms with Crippen LogP contribution in [0.2, 0.25) is 0 Å². The lowest BCUT2D eigenvalue weighted by Gasteiger charge is -2.32. The molecule has 26 heavy (non-hydrogen) atoms. The van der Waals surface area contributed by atoms with Crippen molar-refractivity contribution < 1.29 is 0 Å². The highest BCUT2D eigenvalue weighted by Crippen LogP contribution is 2.31. The number of piperidine rings is 1. The van der Waals surface area contributed by atoms with Gasteiger partial charge in [0, 0.05) is 43.5 Å². The van der Waals surface area contributed by atoms with Crippen LogP contribution in [0.3, 0.4) is 0 Å². The summed E-state index contributed by atoms with van der Waals surface area (Å²) in [6.45, 7) is 4.09. The van der Waals surface area contributed by atoms with E-state index in [1.165, 1.54) is 50.6 Å². The summed E-state index contributed by atoms with van der Waals surface area (Å²) in [4.78, 5) is 6.71. The van der Waals surface area contributed by atoms with E-state index in [1.54, 1.807) is 6.20 Å². The van der Waals surface area contributed by atoms with Gasteiger partial charge in [0.1, 0.15) is 5.82 Å². The maximum Gasteiger partial charge on any atom is 0.127 e. The molecule has 0 unspecified atom stereocenters. The lowest BCUT2D eigenvalue weighted by Crippen LogP contribution is -2.36. The molecule has 1 aliphatic carbocycles. The summed E-state index contributed by atoms with van der Waals surface area (Å²) >= 11 is 0. The Hall–Kier alpha value is -1.95. The molecule has 3 heterocycles. The Balaban J connectivity index is 1.33. The summed E-state index contributed by atoms with van der Waals surface area (Å²) in [5.41, 5.74) is 8.35. The molecule has 6 heteroatoms. The van der Waals surface area contributed by atoms with Crippen LogP contribution in [0.25, 0.3) is 0 Å². The number of aromatic nitrogens is 4. The molecule has 2 fully saturated rings. The summed E-state index contributed by atoms with van der Waals surface area (Å²) < 4.78 is 2.08. The predicted molar refractivity (Wildman–Crippen MR) is 102 cm³/mol. The van der Waals surface area contributed by atoms with Gasteiger partial charge < -0.3 is 5.73 Å². The molecule has 2 aromatic rings. The third-order valence-electron chi connectivity index (χ3n) is 5.95. The lowest BCUT2D eigenvalue weighted by atomic mass is 9.87. The topological polar surface area (TPSA) is 72.9 Å². The molecule has 1 saturated carbocycles. The fourth-order valence-electron chi connectivity index (χ4n) is 4.52. The van der Waals surface area contributed by atoms with Crippen molar-refractivity contribution in [2.24, 2.45) is 5.92 Å². The Morgan fingerprint density at radius 3 is 2.85 bits per heavy atom. The van der Waals surface area contributed by atoms with Gasteiger partial charge in [-0.1, -0.05) is 30.5 Å². The van der Waals surface area contributed by atoms with Gasteiger partial charge in [-0.3, -0.25) is 9.58 Å². The van der Waals surface area contributed by atoms with Gasteiger partial charge in [0.25, 0.3) is 0 Å². The van der Waals surface area contributed by atoms with E-state index >= 15 is 0 Å². The van der Waals surface area contributed by atoms with Crippen LogP contribution >= 0.6 is 0 Å². The van der Waals surface area contributed by atoms with Crippen LogP contribution in [0.4, 0.5) is 5.82 Å². The van der Waals surface area contributed by atoms with E-state index in [1.807, 2.05) is 6.07 Å². The number of nitrogens with two attached hydrogens (primary N) is 1. The van der Waals surface area contributed by atoms with Crippen molar-refractivity contribution in [1.29, 1.82) is 0 Å². The van der Waals surface area contributed by atoms with Crippen molar-refractivity contribution in [3.05, 3.63) is 35.8 Å². The second-order valence-corrected chi connectivity index (χ2v) is 7.99. The minimum absolute atomic E-state index is 0.627. The average molecular weight is 355 g/mol. The monoisotopic (exact) mass is 354 g/mol. The summed E-state index contributed by atoms with van der Waals surface area (Å²) in [6.07, 6.45) is 13.1. The van der Waals surface area contributed by atoms with Crippen molar-refractivity contribution in [2.45, 2.75) is 64.0 Å². The molecular weight excluding hydrogens is 324 g/mol. The molecule has 6 nitrogen and oxygen atoms in total. The van der Waals surface area contributed by atoms with E-state index in [9.17, 15) is 0 Å². The van der Waals surface area contributed by atoms with Crippen LogP contribution in [0.15, 0.2) is 24.5 Å². The predicted octanol–water partition coefficient (Wildman–Crippen LogP) is 3.22. The largest absolute Gasteiger partial charge is 0.383 e. The van der Waals surface area contributed by atoms with Crippen LogP contribution in [0.5, 0.6) is 0 Å². The van der Waals surface area contributed by atoms with Crippen LogP contribution in [0, 0.1) is 5.92 Å². The molecule has 2 aliphatic rings. The van der Waals surface area contributed by atoms with Crippen molar-refractivity contribution in [2.75, 3.05) is 18.8 Å². The maximum atomic E-state index is 6.01. The number of likely N-dealkylation sites (tertiary alicyclic amines) is 1. The van der Waals surface area contributed by atoms with Gasteiger partial charge >= 0.3 is 0 Å². The molecule has 2 N–H and O–H groups in total. The van der Waals surface area contributed by atoms with E-state index in [2.05, 4.69) is 37.1 Å². The molecule has 0 bridgehead atoms. The van der Waals surface area contributed by atoms with E-state index in [0.717, 1.165) is 31.7 Å². The molecule has 1 atom stereocenters. The van der Waals surface area contributed by atoms with Crippen molar-refractivity contribution >= 4 is 5.82 Å². The lowest BCUT2D eigenvalue weighted by molar-refractivity contribution is 0.153. The zero-order chi connectivity index (χ0) is 17.8. The summed E-state index contributed by atoms with van der Waals surface area (Å²) in [7, 11) is 0. The highest BCUT2D eigenvalue weighted by Gasteiger charge is 2.23. The minimum atomic E-state index is 0.627. The van der Waals surface area contributed by atoms with Gasteiger partial charge in [-0.2, -0.15) is 0 Å². The normalized spacial score (nSPS) is 22.5. The number of rotatable bonds is 5. The third-order valence-corrected chi connectivity index (χ3v) is 5.95. The Morgan fingerprint density at radius 2 is 2.00 bits per heavy atom. The first kappa shape index (κ1) is 17.5. The Kier molecular flexibility index (Phi) is 5.48. The minimum Gasteiger partial charge on any atom is -0.383 e. The number of pyridine rings is 1. The first-order valence-electron chi connectivity index (χ1n) is 10.1. The first-order chi connectivity index (χ1) is 12.8. The van der Waals surface area contributed by atoms with Gasteiger partial charge in [-0.25, -0.2) is 4.98 Å². The molecule has 1 saturated heterocycles. The molecule has 0 aromatic carbocycles. The fourth-order valence-corrected chi connectivity index (χ4v) is 4.52. The molecule has 0 amide bonds. The number of nitrogens with zero attached hydrogens (tertiary/aromatic N) is 5. The SMILES string of the molecule is Nc1ncccc1CN1CCC[C@H](Cn2cc(C3CCCCC3)nn2)C1. The standard InChI is InChI=1S/C20H30N6/c21-20-18(9-4-10-22-20)14-25-11-5-6-16(12-25)13-26-15-19(23-24-26)17-7-2-1-3-8-17/h4,9-10,15-17H,1-3,5-8,11-14H2,(H2,21,22)/t16-/m0/s1. The van der Waals surface area contributed by atoms with E-state index in [0.29, 0.717) is 17.7 Å². The van der Waals surface area contributed by atoms with Gasteiger partial charge in [0.2, 0.25) is 0 Å². The smallest absolute Gasteiger partial charge is 0.127 e. The van der Waals surface area contributed by atoms with Crippen LogP contribution in [-0.4, -0.2) is 38.0 Å². The van der Waals surface area contributed by atoms with Gasteiger partial charge in [-0.05, 0) is 44.2 Å². The second-order valence-electron chi connectivity index (χ2n) is 7.99. The van der Waals surface area contributed by atoms with Crippen LogP contribution in [0.1, 0.15) is 62.1 Å². The fraction of sp³-hybridized carbons (Fsp3) is 0.650. The molecular formula is C20H30N6. The maximum absolute atomic E-state index is 6.01. The molecule has 4 rings (SSSR count). The highest BCUT2D eigenvalue weighted by molar-refractivity contribution is 5.38. The van der Waals surface area contributed by atoms with Crippen molar-refractivity contribution in [1.82, 2.24) is 24.9 Å².